The molecule has 38 heavy (non-hydrogen) atoms. The fraction of sp³-hybridized carbons (Fsp3) is 0.214. The molecule has 10 heteroatoms. The number of halogens is 2. The van der Waals surface area contributed by atoms with Crippen molar-refractivity contribution in [2.24, 2.45) is 0 Å². The molecule has 0 spiro atoms. The molecule has 0 aliphatic heterocycles. The van der Waals surface area contributed by atoms with Crippen molar-refractivity contribution in [3.63, 3.8) is 0 Å². The second-order valence-corrected chi connectivity index (χ2v) is 8.71. The number of nitrogens with one attached hydrogen (secondary N) is 2. The van der Waals surface area contributed by atoms with Crippen LogP contribution in [0.25, 0.3) is 22.5 Å². The Morgan fingerprint density at radius 3 is 1.42 bits per heavy atom. The molecule has 0 radical (unpaired) electrons. The van der Waals surface area contributed by atoms with Crippen molar-refractivity contribution in [3.8, 4) is 22.5 Å². The van der Waals surface area contributed by atoms with Gasteiger partial charge in [0.05, 0.1) is 11.1 Å². The lowest BCUT2D eigenvalue weighted by Crippen LogP contribution is -2.41. The topological polar surface area (TPSA) is 110 Å². The summed E-state index contributed by atoms with van der Waals surface area (Å²) in [6.07, 6.45) is 3.58. The minimum Gasteiger partial charge on any atom is -0.486 e. The highest BCUT2D eigenvalue weighted by Crippen LogP contribution is 2.19. The number of aromatic nitrogens is 4. The van der Waals surface area contributed by atoms with E-state index in [1.807, 2.05) is 60.7 Å². The van der Waals surface area contributed by atoms with Crippen LogP contribution in [-0.2, 0) is 25.9 Å². The first-order valence-corrected chi connectivity index (χ1v) is 12.1. The van der Waals surface area contributed by atoms with E-state index in [9.17, 15) is 0 Å². The standard InChI is InChI=1S/C28H28N6O2.2ClH/c29-27-25(33(31-35-27)18-8-14-21-10-3-1-4-11-21)23-16-7-17-24(20-23)26-28(30)36-32-34(26)19-9-15-22-12-5-2-6-13-22;;/h1-7,10-13,16-17,20,29-30H,8-9,14-15,18-19H2;2*1H. The van der Waals surface area contributed by atoms with Crippen LogP contribution in [0.3, 0.4) is 0 Å². The minimum absolute atomic E-state index is 0. The number of hydrogen-bond acceptors (Lipinski definition) is 4. The van der Waals surface area contributed by atoms with Gasteiger partial charge in [-0.15, -0.1) is 24.8 Å². The summed E-state index contributed by atoms with van der Waals surface area (Å²) in [5, 5.41) is 24.8. The van der Waals surface area contributed by atoms with Crippen molar-refractivity contribution < 1.29 is 18.4 Å². The summed E-state index contributed by atoms with van der Waals surface area (Å²) >= 11 is 0. The highest BCUT2D eigenvalue weighted by atomic mass is 35.5. The third kappa shape index (κ3) is 6.70. The smallest absolute Gasteiger partial charge is 0.273 e. The molecule has 2 aromatic heterocycles. The van der Waals surface area contributed by atoms with Crippen molar-refractivity contribution in [3.05, 3.63) is 107 Å². The van der Waals surface area contributed by atoms with Gasteiger partial charge in [-0.3, -0.25) is 21.4 Å². The number of nitrogens with zero attached hydrogens (tertiary/aromatic N) is 4. The van der Waals surface area contributed by atoms with Crippen LogP contribution in [0.2, 0.25) is 0 Å². The Morgan fingerprint density at radius 2 is 1.00 bits per heavy atom. The molecule has 0 amide bonds. The van der Waals surface area contributed by atoms with Gasteiger partial charge in [0, 0.05) is 12.8 Å². The van der Waals surface area contributed by atoms with Gasteiger partial charge in [-0.2, -0.15) is 0 Å². The van der Waals surface area contributed by atoms with E-state index in [-0.39, 0.29) is 35.9 Å². The molecule has 5 rings (SSSR count). The van der Waals surface area contributed by atoms with Gasteiger partial charge < -0.3 is 9.05 Å². The predicted octanol–water partition coefficient (Wildman–Crippen LogP) is 3.76. The first kappa shape index (κ1) is 28.7. The molecule has 0 fully saturated rings. The molecule has 5 aromatic rings. The monoisotopic (exact) mass is 552 g/mol. The first-order chi connectivity index (χ1) is 17.7. The average molecular weight is 553 g/mol. The maximum atomic E-state index is 8.31. The highest BCUT2D eigenvalue weighted by molar-refractivity contribution is 5.85. The fourth-order valence-electron chi connectivity index (χ4n) is 4.42. The lowest BCUT2D eigenvalue weighted by molar-refractivity contribution is -0.758. The number of benzene rings is 3. The normalized spacial score (nSPS) is 10.5. The number of rotatable bonds is 10. The zero-order valence-corrected chi connectivity index (χ0v) is 22.4. The maximum Gasteiger partial charge on any atom is 0.273 e. The molecule has 0 atom stereocenters. The predicted molar refractivity (Wildman–Crippen MR) is 145 cm³/mol. The summed E-state index contributed by atoms with van der Waals surface area (Å²) in [5.74, 6) is 0. The van der Waals surface area contributed by atoms with E-state index >= 15 is 0 Å². The summed E-state index contributed by atoms with van der Waals surface area (Å²) in [7, 11) is 0. The molecule has 0 saturated heterocycles. The van der Waals surface area contributed by atoms with E-state index in [0.29, 0.717) is 24.5 Å². The maximum absolute atomic E-state index is 8.31. The summed E-state index contributed by atoms with van der Waals surface area (Å²) in [4.78, 5) is 0. The highest BCUT2D eigenvalue weighted by Gasteiger charge is 2.20. The van der Waals surface area contributed by atoms with E-state index in [4.69, 9.17) is 19.9 Å². The van der Waals surface area contributed by atoms with Gasteiger partial charge in [0.2, 0.25) is 0 Å². The van der Waals surface area contributed by atoms with Gasteiger partial charge in [0.15, 0.2) is 0 Å². The molecule has 0 bridgehead atoms. The van der Waals surface area contributed by atoms with Crippen molar-refractivity contribution in [1.29, 1.82) is 10.8 Å². The average Bonchev–Trinajstić information content (AvgIpc) is 3.47. The van der Waals surface area contributed by atoms with Crippen LogP contribution in [0.15, 0.2) is 94.0 Å². The van der Waals surface area contributed by atoms with Crippen LogP contribution in [0, 0.1) is 10.8 Å². The summed E-state index contributed by atoms with van der Waals surface area (Å²) in [6.45, 7) is 1.26. The molecule has 0 aliphatic rings. The first-order valence-electron chi connectivity index (χ1n) is 12.1. The molecular weight excluding hydrogens is 523 g/mol. The lowest BCUT2D eigenvalue weighted by Gasteiger charge is -2.06. The van der Waals surface area contributed by atoms with Gasteiger partial charge in [-0.1, -0.05) is 66.7 Å². The van der Waals surface area contributed by atoms with Crippen LogP contribution in [0.5, 0.6) is 0 Å². The Morgan fingerprint density at radius 1 is 0.579 bits per heavy atom. The van der Waals surface area contributed by atoms with E-state index in [1.165, 1.54) is 11.1 Å². The largest absolute Gasteiger partial charge is 0.486 e. The lowest BCUT2D eigenvalue weighted by atomic mass is 10.1. The molecule has 0 unspecified atom stereocenters. The minimum atomic E-state index is 0. The molecule has 0 aliphatic carbocycles. The van der Waals surface area contributed by atoms with E-state index in [2.05, 4.69) is 34.8 Å². The zero-order valence-electron chi connectivity index (χ0n) is 20.7. The van der Waals surface area contributed by atoms with Crippen LogP contribution in [0.1, 0.15) is 24.0 Å². The quantitative estimate of drug-likeness (QED) is 0.257. The third-order valence-corrected chi connectivity index (χ3v) is 6.17. The summed E-state index contributed by atoms with van der Waals surface area (Å²) in [5.41, 5.74) is 5.39. The Balaban J connectivity index is 0.00000200. The van der Waals surface area contributed by atoms with Crippen LogP contribution in [-0.4, -0.2) is 0 Å². The van der Waals surface area contributed by atoms with Crippen molar-refractivity contribution >= 4 is 24.8 Å². The molecule has 2 heterocycles. The van der Waals surface area contributed by atoms with E-state index in [0.717, 1.165) is 36.8 Å². The van der Waals surface area contributed by atoms with Gasteiger partial charge in [-0.05, 0) is 42.2 Å². The summed E-state index contributed by atoms with van der Waals surface area (Å²) in [6, 6.07) is 28.3. The second kappa shape index (κ2) is 13.6. The SMILES string of the molecule is Cl.Cl.N=c1o[n-][n+](CCCc2ccccc2)c1-c1cccc(-c2c(=N)o[n-][n+]2CCCc2ccccc2)c1. The number of aryl methyl sites for hydroxylation is 4. The fourth-order valence-corrected chi connectivity index (χ4v) is 4.42. The van der Waals surface area contributed by atoms with Crippen molar-refractivity contribution in [2.75, 3.05) is 0 Å². The van der Waals surface area contributed by atoms with Crippen LogP contribution < -0.4 is 31.0 Å². The molecular formula is C28H30Cl2N6O2. The van der Waals surface area contributed by atoms with Gasteiger partial charge in [-0.25, -0.2) is 9.36 Å². The Hall–Kier alpha value is -3.88. The molecule has 198 valence electrons. The molecule has 2 N–H and O–H groups in total. The number of hydrogen-bond donors (Lipinski definition) is 2. The van der Waals surface area contributed by atoms with Crippen molar-refractivity contribution in [2.45, 2.75) is 38.8 Å². The second-order valence-electron chi connectivity index (χ2n) is 8.71. The Bertz CT molecular complexity index is 1430. The Labute approximate surface area is 232 Å². The Kier molecular flexibility index (Phi) is 10.3. The van der Waals surface area contributed by atoms with Gasteiger partial charge in [0.25, 0.3) is 22.5 Å². The molecule has 8 nitrogen and oxygen atoms in total. The molecule has 0 saturated carbocycles. The van der Waals surface area contributed by atoms with Crippen LogP contribution >= 0.6 is 24.8 Å². The van der Waals surface area contributed by atoms with E-state index in [1.54, 1.807) is 9.36 Å². The van der Waals surface area contributed by atoms with Gasteiger partial charge >= 0.3 is 0 Å². The van der Waals surface area contributed by atoms with Crippen LogP contribution in [0.4, 0.5) is 0 Å². The third-order valence-electron chi connectivity index (χ3n) is 6.17. The van der Waals surface area contributed by atoms with E-state index < -0.39 is 0 Å². The van der Waals surface area contributed by atoms with Crippen molar-refractivity contribution in [1.82, 2.24) is 10.5 Å². The molecule has 3 aromatic carbocycles. The zero-order chi connectivity index (χ0) is 24.7. The summed E-state index contributed by atoms with van der Waals surface area (Å²) < 4.78 is 14.0. The van der Waals surface area contributed by atoms with Gasteiger partial charge in [0.1, 0.15) is 13.1 Å².